The van der Waals surface area contributed by atoms with Gasteiger partial charge in [-0.1, -0.05) is 51.3 Å². The summed E-state index contributed by atoms with van der Waals surface area (Å²) in [5.74, 6) is 0. The molecule has 0 radical (unpaired) electrons. The zero-order valence-electron chi connectivity index (χ0n) is 6.93. The minimum atomic E-state index is 0.711. The third-order valence-electron chi connectivity index (χ3n) is 1.53. The Balaban J connectivity index is 2.81. The van der Waals surface area contributed by atoms with Crippen LogP contribution in [-0.4, -0.2) is 5.33 Å². The second-order valence-electron chi connectivity index (χ2n) is 2.55. The van der Waals surface area contributed by atoms with E-state index in [1.165, 1.54) is 0 Å². The van der Waals surface area contributed by atoms with Gasteiger partial charge in [0.05, 0.1) is 0 Å². The van der Waals surface area contributed by atoms with Crippen LogP contribution in [-0.2, 0) is 0 Å². The first-order valence-electron chi connectivity index (χ1n) is 3.91. The highest BCUT2D eigenvalue weighted by Crippen LogP contribution is 2.21. The van der Waals surface area contributed by atoms with Gasteiger partial charge in [0.25, 0.3) is 0 Å². The molecule has 0 aliphatic heterocycles. The van der Waals surface area contributed by atoms with E-state index in [4.69, 9.17) is 23.2 Å². The van der Waals surface area contributed by atoms with Crippen molar-refractivity contribution in [2.45, 2.75) is 6.42 Å². The first-order valence-corrected chi connectivity index (χ1v) is 5.79. The molecule has 0 saturated carbocycles. The Morgan fingerprint density at radius 1 is 1.31 bits per heavy atom. The van der Waals surface area contributed by atoms with Crippen molar-refractivity contribution in [2.75, 3.05) is 5.33 Å². The van der Waals surface area contributed by atoms with Gasteiger partial charge in [-0.15, -0.1) is 0 Å². The minimum absolute atomic E-state index is 0.711. The van der Waals surface area contributed by atoms with Crippen LogP contribution in [0.5, 0.6) is 0 Å². The maximum absolute atomic E-state index is 5.95. The van der Waals surface area contributed by atoms with Gasteiger partial charge in [-0.3, -0.25) is 0 Å². The maximum atomic E-state index is 5.95. The zero-order valence-corrected chi connectivity index (χ0v) is 10.0. The molecule has 0 aromatic heterocycles. The molecule has 0 aliphatic carbocycles. The van der Waals surface area contributed by atoms with E-state index >= 15 is 0 Å². The summed E-state index contributed by atoms with van der Waals surface area (Å²) in [6.07, 6.45) is 5.03. The average molecular weight is 280 g/mol. The fourth-order valence-corrected chi connectivity index (χ4v) is 1.54. The molecular weight excluding hydrogens is 271 g/mol. The maximum Gasteiger partial charge on any atom is 0.0479 e. The lowest BCUT2D eigenvalue weighted by Gasteiger charge is -1.98. The molecule has 0 atom stereocenters. The summed E-state index contributed by atoms with van der Waals surface area (Å²) >= 11 is 15.1. The molecule has 0 heterocycles. The predicted molar refractivity (Wildman–Crippen MR) is 63.9 cm³/mol. The molecule has 0 bridgehead atoms. The van der Waals surface area contributed by atoms with Gasteiger partial charge in [0.1, 0.15) is 0 Å². The van der Waals surface area contributed by atoms with Gasteiger partial charge in [0, 0.05) is 15.4 Å². The number of allylic oxidation sites excluding steroid dienone is 1. The van der Waals surface area contributed by atoms with Gasteiger partial charge in [0.15, 0.2) is 0 Å². The molecule has 0 spiro atoms. The molecule has 0 fully saturated rings. The van der Waals surface area contributed by atoms with E-state index in [1.54, 1.807) is 12.1 Å². The summed E-state index contributed by atoms with van der Waals surface area (Å²) in [6.45, 7) is 0. The Bertz CT molecular complexity index is 308. The highest BCUT2D eigenvalue weighted by molar-refractivity contribution is 9.09. The number of halogens is 3. The van der Waals surface area contributed by atoms with Crippen molar-refractivity contribution in [1.29, 1.82) is 0 Å². The lowest BCUT2D eigenvalue weighted by atomic mass is 10.2. The van der Waals surface area contributed by atoms with Gasteiger partial charge in [0.2, 0.25) is 0 Å². The molecule has 1 rings (SSSR count). The van der Waals surface area contributed by atoms with Crippen LogP contribution in [0.25, 0.3) is 6.08 Å². The van der Waals surface area contributed by atoms with Crippen LogP contribution in [0.2, 0.25) is 10.0 Å². The van der Waals surface area contributed by atoms with Crippen LogP contribution in [0.15, 0.2) is 24.3 Å². The highest BCUT2D eigenvalue weighted by atomic mass is 79.9. The van der Waals surface area contributed by atoms with E-state index in [2.05, 4.69) is 22.0 Å². The summed E-state index contributed by atoms with van der Waals surface area (Å²) in [7, 11) is 0. The largest absolute Gasteiger partial charge is 0.0925 e. The Labute approximate surface area is 96.7 Å². The zero-order chi connectivity index (χ0) is 9.68. The van der Waals surface area contributed by atoms with Crippen molar-refractivity contribution in [3.05, 3.63) is 39.9 Å². The van der Waals surface area contributed by atoms with Gasteiger partial charge in [-0.2, -0.15) is 0 Å². The number of rotatable bonds is 3. The fourth-order valence-electron chi connectivity index (χ4n) is 0.916. The van der Waals surface area contributed by atoms with Crippen molar-refractivity contribution in [2.24, 2.45) is 0 Å². The second kappa shape index (κ2) is 5.69. The van der Waals surface area contributed by atoms with E-state index in [0.717, 1.165) is 22.3 Å². The van der Waals surface area contributed by atoms with Crippen LogP contribution >= 0.6 is 39.1 Å². The van der Waals surface area contributed by atoms with Gasteiger partial charge in [-0.05, 0) is 30.2 Å². The molecule has 70 valence electrons. The predicted octanol–water partition coefficient (Wildman–Crippen LogP) is 4.79. The lowest BCUT2D eigenvalue weighted by molar-refractivity contribution is 1.27. The van der Waals surface area contributed by atoms with E-state index < -0.39 is 0 Å². The summed E-state index contributed by atoms with van der Waals surface area (Å²) in [5, 5.41) is 2.40. The van der Waals surface area contributed by atoms with Crippen molar-refractivity contribution in [3.63, 3.8) is 0 Å². The monoisotopic (exact) mass is 278 g/mol. The Hall–Kier alpha value is 0.0200. The molecule has 0 unspecified atom stereocenters. The van der Waals surface area contributed by atoms with Crippen molar-refractivity contribution in [3.8, 4) is 0 Å². The van der Waals surface area contributed by atoms with Gasteiger partial charge in [-0.25, -0.2) is 0 Å². The molecule has 0 N–H and O–H groups in total. The first kappa shape index (κ1) is 11.1. The molecule has 0 saturated heterocycles. The number of hydrogen-bond acceptors (Lipinski definition) is 0. The number of hydrogen-bond donors (Lipinski definition) is 0. The molecule has 1 aromatic carbocycles. The smallest absolute Gasteiger partial charge is 0.0479 e. The van der Waals surface area contributed by atoms with Crippen LogP contribution < -0.4 is 0 Å². The summed E-state index contributed by atoms with van der Waals surface area (Å²) in [4.78, 5) is 0. The Kier molecular flexibility index (Phi) is 4.86. The van der Waals surface area contributed by atoms with Crippen molar-refractivity contribution in [1.82, 2.24) is 0 Å². The minimum Gasteiger partial charge on any atom is -0.0925 e. The van der Waals surface area contributed by atoms with Crippen LogP contribution in [0.1, 0.15) is 12.0 Å². The normalized spacial score (nSPS) is 11.0. The lowest BCUT2D eigenvalue weighted by Crippen LogP contribution is -1.75. The molecule has 0 nitrogen and oxygen atoms in total. The Morgan fingerprint density at radius 2 is 2.08 bits per heavy atom. The first-order chi connectivity index (χ1) is 6.24. The molecule has 1 aromatic rings. The fraction of sp³-hybridized carbons (Fsp3) is 0.200. The van der Waals surface area contributed by atoms with E-state index in [1.807, 2.05) is 12.1 Å². The molecule has 0 amide bonds. The standard InChI is InChI=1S/C10H9BrCl2/c11-6-2-1-3-8-7-9(12)4-5-10(8)13/h1,3-5,7H,2,6H2. The van der Waals surface area contributed by atoms with Crippen LogP contribution in [0.4, 0.5) is 0 Å². The highest BCUT2D eigenvalue weighted by Gasteiger charge is 1.96. The molecule has 0 aliphatic rings. The number of benzene rings is 1. The molecule has 3 heteroatoms. The molecular formula is C10H9BrCl2. The summed E-state index contributed by atoms with van der Waals surface area (Å²) < 4.78 is 0. The van der Waals surface area contributed by atoms with Gasteiger partial charge >= 0.3 is 0 Å². The third-order valence-corrected chi connectivity index (χ3v) is 2.57. The van der Waals surface area contributed by atoms with E-state index in [0.29, 0.717) is 5.02 Å². The summed E-state index contributed by atoms with van der Waals surface area (Å²) in [6, 6.07) is 5.44. The van der Waals surface area contributed by atoms with E-state index in [-0.39, 0.29) is 0 Å². The van der Waals surface area contributed by atoms with Crippen LogP contribution in [0.3, 0.4) is 0 Å². The van der Waals surface area contributed by atoms with Crippen molar-refractivity contribution < 1.29 is 0 Å². The van der Waals surface area contributed by atoms with E-state index in [9.17, 15) is 0 Å². The Morgan fingerprint density at radius 3 is 2.77 bits per heavy atom. The number of alkyl halides is 1. The van der Waals surface area contributed by atoms with Crippen molar-refractivity contribution >= 4 is 45.2 Å². The SMILES string of the molecule is Clc1ccc(Cl)c(C=CCCBr)c1. The quantitative estimate of drug-likeness (QED) is 0.698. The van der Waals surface area contributed by atoms with Gasteiger partial charge < -0.3 is 0 Å². The summed E-state index contributed by atoms with van der Waals surface area (Å²) in [5.41, 5.74) is 0.968. The topological polar surface area (TPSA) is 0 Å². The van der Waals surface area contributed by atoms with Crippen LogP contribution in [0, 0.1) is 0 Å². The molecule has 13 heavy (non-hydrogen) atoms. The average Bonchev–Trinajstić information content (AvgIpc) is 2.11. The third kappa shape index (κ3) is 3.72. The second-order valence-corrected chi connectivity index (χ2v) is 4.18.